The number of hydrogen-bond acceptors (Lipinski definition) is 1. The zero-order valence-corrected chi connectivity index (χ0v) is 10.9. The average molecular weight is 248 g/mol. The molecule has 0 spiro atoms. The summed E-state index contributed by atoms with van der Waals surface area (Å²) in [7, 11) is 0. The van der Waals surface area contributed by atoms with Gasteiger partial charge >= 0.3 is 0 Å². The van der Waals surface area contributed by atoms with E-state index < -0.39 is 0 Å². The Kier molecular flexibility index (Phi) is 2.28. The van der Waals surface area contributed by atoms with Crippen molar-refractivity contribution in [3.05, 3.63) is 65.9 Å². The van der Waals surface area contributed by atoms with Crippen LogP contribution in [0.15, 0.2) is 54.8 Å². The van der Waals surface area contributed by atoms with Crippen LogP contribution in [0.1, 0.15) is 29.9 Å². The summed E-state index contributed by atoms with van der Waals surface area (Å²) in [6, 6.07) is 13.2. The Morgan fingerprint density at radius 2 is 2.05 bits per heavy atom. The lowest BCUT2D eigenvalue weighted by Gasteiger charge is -2.25. The third kappa shape index (κ3) is 1.42. The molecule has 1 heteroatoms. The summed E-state index contributed by atoms with van der Waals surface area (Å²) in [6.07, 6.45) is 3.97. The minimum absolute atomic E-state index is 0.452. The lowest BCUT2D eigenvalue weighted by molar-refractivity contribution is 0.263. The van der Waals surface area contributed by atoms with Gasteiger partial charge in [0.2, 0.25) is 0 Å². The lowest BCUT2D eigenvalue weighted by atomic mass is 9.79. The summed E-state index contributed by atoms with van der Waals surface area (Å²) in [5.74, 6) is 1.64. The summed E-state index contributed by atoms with van der Waals surface area (Å²) >= 11 is 0. The van der Waals surface area contributed by atoms with E-state index in [-0.39, 0.29) is 0 Å². The molecule has 0 amide bonds. The first-order chi connectivity index (χ1) is 9.40. The van der Waals surface area contributed by atoms with Crippen LogP contribution in [-0.4, -0.2) is 6.61 Å². The second-order valence-electron chi connectivity index (χ2n) is 5.28. The van der Waals surface area contributed by atoms with Gasteiger partial charge in [-0.05, 0) is 34.7 Å². The Balaban J connectivity index is 2.11. The molecular weight excluding hydrogens is 232 g/mol. The van der Waals surface area contributed by atoms with E-state index in [2.05, 4.69) is 43.0 Å². The molecule has 1 aliphatic heterocycles. The van der Waals surface area contributed by atoms with Gasteiger partial charge in [0.05, 0.1) is 6.61 Å². The summed E-state index contributed by atoms with van der Waals surface area (Å²) in [4.78, 5) is 0. The second kappa shape index (κ2) is 3.99. The maximum atomic E-state index is 5.94. The van der Waals surface area contributed by atoms with E-state index in [9.17, 15) is 0 Å². The molecule has 94 valence electrons. The molecule has 0 N–H and O–H groups in total. The molecule has 4 rings (SSSR count). The van der Waals surface area contributed by atoms with Crippen molar-refractivity contribution in [1.29, 1.82) is 0 Å². The van der Waals surface area contributed by atoms with Crippen LogP contribution >= 0.6 is 0 Å². The minimum atomic E-state index is 0.452. The van der Waals surface area contributed by atoms with E-state index in [1.807, 2.05) is 6.08 Å². The molecule has 2 aromatic carbocycles. The zero-order valence-electron chi connectivity index (χ0n) is 10.9. The molecule has 1 nitrogen and oxygen atoms in total. The van der Waals surface area contributed by atoms with Crippen molar-refractivity contribution in [2.24, 2.45) is 0 Å². The average Bonchev–Trinajstić information content (AvgIpc) is 2.93. The molecule has 1 fully saturated rings. The summed E-state index contributed by atoms with van der Waals surface area (Å²) in [5.41, 5.74) is 4.11. The van der Waals surface area contributed by atoms with Crippen molar-refractivity contribution in [2.75, 3.05) is 6.61 Å². The van der Waals surface area contributed by atoms with Gasteiger partial charge in [0.15, 0.2) is 0 Å². The van der Waals surface area contributed by atoms with Gasteiger partial charge in [0.1, 0.15) is 5.76 Å². The Labute approximate surface area is 113 Å². The molecular formula is C18H16O. The van der Waals surface area contributed by atoms with E-state index in [4.69, 9.17) is 4.74 Å². The van der Waals surface area contributed by atoms with Crippen molar-refractivity contribution >= 4 is 16.3 Å². The van der Waals surface area contributed by atoms with Crippen LogP contribution < -0.4 is 0 Å². The minimum Gasteiger partial charge on any atom is -0.497 e. The third-order valence-corrected chi connectivity index (χ3v) is 4.26. The van der Waals surface area contributed by atoms with Gasteiger partial charge in [-0.3, -0.25) is 0 Å². The van der Waals surface area contributed by atoms with Crippen LogP contribution in [0.5, 0.6) is 0 Å². The predicted octanol–water partition coefficient (Wildman–Crippen LogP) is 4.64. The fraction of sp³-hybridized carbons (Fsp3) is 0.222. The van der Waals surface area contributed by atoms with Crippen molar-refractivity contribution in [2.45, 2.75) is 18.8 Å². The number of hydrogen-bond donors (Lipinski definition) is 0. The van der Waals surface area contributed by atoms with Crippen molar-refractivity contribution in [3.63, 3.8) is 0 Å². The zero-order chi connectivity index (χ0) is 12.8. The van der Waals surface area contributed by atoms with Crippen molar-refractivity contribution in [1.82, 2.24) is 0 Å². The maximum Gasteiger partial charge on any atom is 0.108 e. The molecule has 1 heterocycles. The van der Waals surface area contributed by atoms with E-state index >= 15 is 0 Å². The van der Waals surface area contributed by atoms with Crippen molar-refractivity contribution < 1.29 is 4.74 Å². The number of benzene rings is 2. The van der Waals surface area contributed by atoms with Crippen LogP contribution in [0, 0.1) is 0 Å². The summed E-state index contributed by atoms with van der Waals surface area (Å²) < 4.78 is 5.94. The Hall–Kier alpha value is -2.02. The number of fused-ring (bicyclic) bond motifs is 2. The molecule has 0 bridgehead atoms. The van der Waals surface area contributed by atoms with Crippen LogP contribution in [-0.2, 0) is 4.74 Å². The molecule has 2 aliphatic rings. The Morgan fingerprint density at radius 1 is 1.21 bits per heavy atom. The third-order valence-electron chi connectivity index (χ3n) is 4.26. The quantitative estimate of drug-likeness (QED) is 0.703. The van der Waals surface area contributed by atoms with Gasteiger partial charge in [0.25, 0.3) is 0 Å². The monoisotopic (exact) mass is 248 g/mol. The van der Waals surface area contributed by atoms with Gasteiger partial charge in [0, 0.05) is 11.5 Å². The molecule has 0 aromatic heterocycles. The first-order valence-electron chi connectivity index (χ1n) is 6.89. The molecule has 1 atom stereocenters. The summed E-state index contributed by atoms with van der Waals surface area (Å²) in [6.45, 7) is 4.74. The molecule has 0 radical (unpaired) electrons. The molecule has 2 aromatic rings. The molecule has 0 saturated carbocycles. The molecule has 1 saturated heterocycles. The van der Waals surface area contributed by atoms with Gasteiger partial charge in [-0.15, -0.1) is 6.58 Å². The second-order valence-corrected chi connectivity index (χ2v) is 5.28. The number of ether oxygens (including phenoxy) is 1. The van der Waals surface area contributed by atoms with Crippen LogP contribution in [0.25, 0.3) is 16.3 Å². The van der Waals surface area contributed by atoms with E-state index in [1.54, 1.807) is 0 Å². The predicted molar refractivity (Wildman–Crippen MR) is 79.0 cm³/mol. The standard InChI is InChI=1S/C18H16O/c1-2-5-15-13-8-3-6-12-7-4-9-14(17(12)13)16-10-11-19-18(15)16/h2-4,6-9,16H,1,5,10-11H2. The fourth-order valence-corrected chi connectivity index (χ4v) is 3.51. The van der Waals surface area contributed by atoms with Gasteiger partial charge < -0.3 is 4.74 Å². The topological polar surface area (TPSA) is 9.23 Å². The van der Waals surface area contributed by atoms with Gasteiger partial charge in [-0.1, -0.05) is 42.5 Å². The highest BCUT2D eigenvalue weighted by Crippen LogP contribution is 2.48. The van der Waals surface area contributed by atoms with E-state index in [0.29, 0.717) is 5.92 Å². The lowest BCUT2D eigenvalue weighted by Crippen LogP contribution is -2.07. The van der Waals surface area contributed by atoms with Gasteiger partial charge in [-0.2, -0.15) is 0 Å². The summed E-state index contributed by atoms with van der Waals surface area (Å²) in [5, 5.41) is 2.75. The first-order valence-corrected chi connectivity index (χ1v) is 6.89. The normalized spacial score (nSPS) is 20.3. The first kappa shape index (κ1) is 10.9. The van der Waals surface area contributed by atoms with E-state index in [0.717, 1.165) is 19.4 Å². The molecule has 1 aliphatic carbocycles. The highest BCUT2D eigenvalue weighted by molar-refractivity contribution is 5.99. The highest BCUT2D eigenvalue weighted by Gasteiger charge is 2.33. The van der Waals surface area contributed by atoms with Crippen molar-refractivity contribution in [3.8, 4) is 0 Å². The fourth-order valence-electron chi connectivity index (χ4n) is 3.51. The smallest absolute Gasteiger partial charge is 0.108 e. The maximum absolute atomic E-state index is 5.94. The van der Waals surface area contributed by atoms with Crippen LogP contribution in [0.2, 0.25) is 0 Å². The highest BCUT2D eigenvalue weighted by atomic mass is 16.5. The number of allylic oxidation sites excluding steroid dienone is 3. The van der Waals surface area contributed by atoms with E-state index in [1.165, 1.54) is 33.2 Å². The molecule has 1 unspecified atom stereocenters. The van der Waals surface area contributed by atoms with Gasteiger partial charge in [-0.25, -0.2) is 0 Å². The van der Waals surface area contributed by atoms with Crippen LogP contribution in [0.3, 0.4) is 0 Å². The number of rotatable bonds is 2. The molecule has 19 heavy (non-hydrogen) atoms. The SMILES string of the molecule is C=CCC1=C2OCCC2c2cccc3cccc1c23. The Bertz CT molecular complexity index is 703. The largest absolute Gasteiger partial charge is 0.497 e. The Morgan fingerprint density at radius 3 is 2.89 bits per heavy atom. The van der Waals surface area contributed by atoms with Crippen LogP contribution in [0.4, 0.5) is 0 Å².